The average molecular weight is 400 g/mol. The number of nitrogens with zero attached hydrogens (tertiary/aromatic N) is 2. The lowest BCUT2D eigenvalue weighted by molar-refractivity contribution is 0.205. The number of benzene rings is 2. The Hall–Kier alpha value is -2.24. The number of nitrogens with one attached hydrogen (secondary N) is 1. The van der Waals surface area contributed by atoms with Gasteiger partial charge in [0.1, 0.15) is 5.75 Å². The molecule has 2 aromatic carbocycles. The highest BCUT2D eigenvalue weighted by atomic mass is 35.5. The predicted molar refractivity (Wildman–Crippen MR) is 112 cm³/mol. The number of fused-ring (bicyclic) bond motifs is 1. The van der Waals surface area contributed by atoms with Crippen molar-refractivity contribution in [3.63, 3.8) is 0 Å². The molecule has 6 heteroatoms. The minimum absolute atomic E-state index is 0.0678. The molecule has 2 saturated heterocycles. The smallest absolute Gasteiger partial charge is 0.321 e. The molecule has 0 aliphatic carbocycles. The molecule has 0 saturated carbocycles. The molecule has 3 atom stereocenters. The van der Waals surface area contributed by atoms with E-state index in [0.717, 1.165) is 19.6 Å². The number of hydrogen-bond acceptors (Lipinski definition) is 3. The summed E-state index contributed by atoms with van der Waals surface area (Å²) in [4.78, 5) is 17.2. The maximum absolute atomic E-state index is 12.8. The van der Waals surface area contributed by atoms with E-state index in [1.165, 1.54) is 11.1 Å². The Labute approximate surface area is 171 Å². The van der Waals surface area contributed by atoms with Gasteiger partial charge >= 0.3 is 6.03 Å². The van der Waals surface area contributed by atoms with Crippen LogP contribution in [0.4, 0.5) is 10.5 Å². The highest BCUT2D eigenvalue weighted by Crippen LogP contribution is 2.44. The fraction of sp³-hybridized carbons (Fsp3) is 0.409. The molecule has 0 aromatic heterocycles. The number of amides is 2. The van der Waals surface area contributed by atoms with Gasteiger partial charge in [0.25, 0.3) is 0 Å². The van der Waals surface area contributed by atoms with Crippen LogP contribution in [0, 0.1) is 18.8 Å². The zero-order chi connectivity index (χ0) is 19.8. The zero-order valence-corrected chi connectivity index (χ0v) is 17.2. The van der Waals surface area contributed by atoms with E-state index in [4.69, 9.17) is 16.3 Å². The molecule has 2 amide bonds. The normalized spacial score (nSPS) is 24.3. The maximum atomic E-state index is 12.8. The monoisotopic (exact) mass is 399 g/mol. The minimum atomic E-state index is -0.0678. The molecule has 0 bridgehead atoms. The number of aryl methyl sites for hydroxylation is 1. The first-order valence-corrected chi connectivity index (χ1v) is 10.0. The second kappa shape index (κ2) is 7.64. The molecule has 0 spiro atoms. The highest BCUT2D eigenvalue weighted by molar-refractivity contribution is 6.32. The number of urea groups is 1. The van der Waals surface area contributed by atoms with E-state index in [1.54, 1.807) is 19.2 Å². The van der Waals surface area contributed by atoms with Crippen LogP contribution in [0.3, 0.4) is 0 Å². The maximum Gasteiger partial charge on any atom is 0.321 e. The number of carbonyl (C=O) groups is 1. The van der Waals surface area contributed by atoms with Crippen LogP contribution in [0.15, 0.2) is 42.5 Å². The van der Waals surface area contributed by atoms with Crippen LogP contribution in [0.5, 0.6) is 5.75 Å². The van der Waals surface area contributed by atoms with E-state index < -0.39 is 0 Å². The summed E-state index contributed by atoms with van der Waals surface area (Å²) in [6.45, 7) is 4.74. The summed E-state index contributed by atoms with van der Waals surface area (Å²) in [6.07, 6.45) is 0. The van der Waals surface area contributed by atoms with Crippen LogP contribution in [0.2, 0.25) is 5.02 Å². The Morgan fingerprint density at radius 1 is 1.18 bits per heavy atom. The van der Waals surface area contributed by atoms with Crippen molar-refractivity contribution in [3.8, 4) is 5.75 Å². The number of rotatable bonds is 3. The summed E-state index contributed by atoms with van der Waals surface area (Å²) < 4.78 is 5.17. The van der Waals surface area contributed by atoms with Crippen molar-refractivity contribution in [3.05, 3.63) is 58.6 Å². The lowest BCUT2D eigenvalue weighted by Gasteiger charge is -2.28. The van der Waals surface area contributed by atoms with E-state index in [-0.39, 0.29) is 6.03 Å². The lowest BCUT2D eigenvalue weighted by Crippen LogP contribution is -2.36. The van der Waals surface area contributed by atoms with Gasteiger partial charge < -0.3 is 15.0 Å². The van der Waals surface area contributed by atoms with Crippen LogP contribution in [0.25, 0.3) is 0 Å². The third-order valence-electron chi connectivity index (χ3n) is 6.09. The summed E-state index contributed by atoms with van der Waals surface area (Å²) in [5.41, 5.74) is 3.37. The van der Waals surface area contributed by atoms with Crippen molar-refractivity contribution in [2.75, 3.05) is 39.1 Å². The molecule has 148 valence electrons. The van der Waals surface area contributed by atoms with Gasteiger partial charge in [0.05, 0.1) is 12.1 Å². The number of ether oxygens (including phenoxy) is 1. The number of likely N-dealkylation sites (tertiary alicyclic amines) is 2. The average Bonchev–Trinajstić information content (AvgIpc) is 3.19. The third kappa shape index (κ3) is 3.45. The first-order valence-electron chi connectivity index (χ1n) is 9.63. The molecule has 0 unspecified atom stereocenters. The molecule has 2 aliphatic rings. The van der Waals surface area contributed by atoms with Gasteiger partial charge in [-0.15, -0.1) is 0 Å². The van der Waals surface area contributed by atoms with Gasteiger partial charge in [-0.1, -0.05) is 35.9 Å². The van der Waals surface area contributed by atoms with E-state index in [0.29, 0.717) is 34.3 Å². The third-order valence-corrected chi connectivity index (χ3v) is 6.39. The van der Waals surface area contributed by atoms with Crippen LogP contribution >= 0.6 is 11.6 Å². The van der Waals surface area contributed by atoms with Crippen LogP contribution in [-0.4, -0.2) is 49.6 Å². The van der Waals surface area contributed by atoms with Crippen LogP contribution in [-0.2, 0) is 0 Å². The Morgan fingerprint density at radius 3 is 2.68 bits per heavy atom. The summed E-state index contributed by atoms with van der Waals surface area (Å²) in [6, 6.07) is 14.2. The van der Waals surface area contributed by atoms with Crippen molar-refractivity contribution in [1.82, 2.24) is 9.80 Å². The zero-order valence-electron chi connectivity index (χ0n) is 16.5. The van der Waals surface area contributed by atoms with Crippen LogP contribution in [0.1, 0.15) is 17.2 Å². The molecule has 5 nitrogen and oxygen atoms in total. The van der Waals surface area contributed by atoms with Gasteiger partial charge in [0, 0.05) is 37.3 Å². The van der Waals surface area contributed by atoms with Crippen molar-refractivity contribution in [1.29, 1.82) is 0 Å². The van der Waals surface area contributed by atoms with E-state index in [9.17, 15) is 4.79 Å². The second-order valence-electron chi connectivity index (χ2n) is 7.85. The first-order chi connectivity index (χ1) is 13.5. The Bertz CT molecular complexity index is 888. The highest BCUT2D eigenvalue weighted by Gasteiger charge is 2.47. The molecule has 28 heavy (non-hydrogen) atoms. The summed E-state index contributed by atoms with van der Waals surface area (Å²) >= 11 is 6.17. The summed E-state index contributed by atoms with van der Waals surface area (Å²) in [5.74, 6) is 1.55. The van der Waals surface area contributed by atoms with Gasteiger partial charge in [-0.2, -0.15) is 0 Å². The molecular formula is C22H26ClN3O2. The number of methoxy groups -OCH3 is 1. The first kappa shape index (κ1) is 19.1. The van der Waals surface area contributed by atoms with Crippen LogP contribution < -0.4 is 10.1 Å². The summed E-state index contributed by atoms with van der Waals surface area (Å²) in [5, 5.41) is 3.46. The molecule has 1 N–H and O–H groups in total. The van der Waals surface area contributed by atoms with E-state index in [1.807, 2.05) is 11.0 Å². The van der Waals surface area contributed by atoms with Gasteiger partial charge in [0.15, 0.2) is 0 Å². The molecule has 2 aliphatic heterocycles. The van der Waals surface area contributed by atoms with Gasteiger partial charge in [-0.3, -0.25) is 4.90 Å². The second-order valence-corrected chi connectivity index (χ2v) is 8.26. The molecular weight excluding hydrogens is 374 g/mol. The van der Waals surface area contributed by atoms with E-state index >= 15 is 0 Å². The van der Waals surface area contributed by atoms with Crippen molar-refractivity contribution < 1.29 is 9.53 Å². The van der Waals surface area contributed by atoms with Crippen molar-refractivity contribution in [2.24, 2.45) is 11.8 Å². The number of hydrogen-bond donors (Lipinski definition) is 1. The van der Waals surface area contributed by atoms with Gasteiger partial charge in [0.2, 0.25) is 0 Å². The molecule has 0 radical (unpaired) electrons. The quantitative estimate of drug-likeness (QED) is 0.830. The van der Waals surface area contributed by atoms with Crippen molar-refractivity contribution in [2.45, 2.75) is 13.0 Å². The Balaban J connectivity index is 1.47. The Morgan fingerprint density at radius 2 is 1.96 bits per heavy atom. The topological polar surface area (TPSA) is 44.8 Å². The number of carbonyl (C=O) groups excluding carboxylic acids is 1. The lowest BCUT2D eigenvalue weighted by atomic mass is 9.88. The molecule has 4 rings (SSSR count). The Kier molecular flexibility index (Phi) is 5.21. The number of anilines is 1. The standard InChI is InChI=1S/C22H26ClN3O2/c1-14-6-4-5-7-17(14)21-18-13-26(12-15(18)11-25(21)2)22(27)24-16-8-9-20(28-3)19(23)10-16/h4-10,15,18,21H,11-13H2,1-3H3,(H,24,27)/t15-,18+,21-/m0/s1. The largest absolute Gasteiger partial charge is 0.495 e. The fourth-order valence-corrected chi connectivity index (χ4v) is 5.01. The fourth-order valence-electron chi connectivity index (χ4n) is 4.76. The minimum Gasteiger partial charge on any atom is -0.495 e. The van der Waals surface area contributed by atoms with Crippen molar-refractivity contribution >= 4 is 23.3 Å². The van der Waals surface area contributed by atoms with E-state index in [2.05, 4.69) is 48.5 Å². The SMILES string of the molecule is COc1ccc(NC(=O)N2C[C@@H]3CN(C)[C@@H](c4ccccc4C)[C@@H]3C2)cc1Cl. The van der Waals surface area contributed by atoms with Gasteiger partial charge in [-0.25, -0.2) is 4.79 Å². The number of halogens is 1. The summed E-state index contributed by atoms with van der Waals surface area (Å²) in [7, 11) is 3.77. The predicted octanol–water partition coefficient (Wildman–Crippen LogP) is 4.42. The molecule has 2 fully saturated rings. The molecule has 2 aromatic rings. The van der Waals surface area contributed by atoms with Gasteiger partial charge in [-0.05, 0) is 49.2 Å². The molecule has 2 heterocycles.